The molecule has 0 spiro atoms. The van der Waals surface area contributed by atoms with Gasteiger partial charge in [-0.25, -0.2) is 0 Å². The van der Waals surface area contributed by atoms with Gasteiger partial charge >= 0.3 is 0 Å². The molecule has 1 heterocycles. The molecule has 0 amide bonds. The van der Waals surface area contributed by atoms with Gasteiger partial charge in [-0.1, -0.05) is 54.6 Å². The van der Waals surface area contributed by atoms with Crippen LogP contribution in [0, 0.1) is 0 Å². The average Bonchev–Trinajstić information content (AvgIpc) is 3.18. The average molecular weight is 373 g/mol. The van der Waals surface area contributed by atoms with Crippen molar-refractivity contribution >= 4 is 17.1 Å². The second-order valence-electron chi connectivity index (χ2n) is 6.59. The van der Waals surface area contributed by atoms with Crippen LogP contribution in [0.25, 0.3) is 11.1 Å². The highest BCUT2D eigenvalue weighted by Crippen LogP contribution is 2.23. The van der Waals surface area contributed by atoms with Crippen LogP contribution in [0.1, 0.15) is 11.1 Å². The van der Waals surface area contributed by atoms with Crippen molar-refractivity contribution in [3.8, 4) is 5.75 Å². The molecule has 0 saturated heterocycles. The predicted octanol–water partition coefficient (Wildman–Crippen LogP) is 4.37. The third-order valence-corrected chi connectivity index (χ3v) is 4.50. The highest BCUT2D eigenvalue weighted by Gasteiger charge is 2.14. The first-order valence-corrected chi connectivity index (χ1v) is 9.38. The number of rotatable bonds is 8. The summed E-state index contributed by atoms with van der Waals surface area (Å²) in [5.41, 5.74) is 9.73. The fraction of sp³-hybridized carbons (Fsp3) is 0.174. The van der Waals surface area contributed by atoms with Gasteiger partial charge < -0.3 is 19.8 Å². The van der Waals surface area contributed by atoms with E-state index < -0.39 is 0 Å². The Balaban J connectivity index is 1.43. The minimum Gasteiger partial charge on any atom is -0.489 e. The van der Waals surface area contributed by atoms with Crippen molar-refractivity contribution in [2.45, 2.75) is 13.2 Å². The van der Waals surface area contributed by atoms with Crippen LogP contribution in [0.4, 0.5) is 6.01 Å². The first kappa shape index (κ1) is 18.1. The van der Waals surface area contributed by atoms with Gasteiger partial charge in [0.25, 0.3) is 6.01 Å². The smallest absolute Gasteiger partial charge is 0.298 e. The van der Waals surface area contributed by atoms with Crippen LogP contribution in [0.5, 0.6) is 5.75 Å². The van der Waals surface area contributed by atoms with E-state index in [2.05, 4.69) is 34.1 Å². The zero-order valence-corrected chi connectivity index (χ0v) is 15.6. The molecule has 3 aromatic carbocycles. The SMILES string of the molecule is NCCN(Cc1ccc(OCc2ccccc2)cc1)c1nc2ccccc2o1. The zero-order valence-electron chi connectivity index (χ0n) is 15.6. The quantitative estimate of drug-likeness (QED) is 0.497. The second kappa shape index (κ2) is 8.59. The maximum absolute atomic E-state index is 5.90. The van der Waals surface area contributed by atoms with Gasteiger partial charge in [-0.05, 0) is 35.4 Å². The fourth-order valence-corrected chi connectivity index (χ4v) is 3.05. The molecule has 1 aromatic heterocycles. The number of hydrogen-bond acceptors (Lipinski definition) is 5. The van der Waals surface area contributed by atoms with E-state index in [1.807, 2.05) is 54.6 Å². The van der Waals surface area contributed by atoms with E-state index in [1.54, 1.807) is 0 Å². The number of benzene rings is 3. The Morgan fingerprint density at radius 1 is 0.857 bits per heavy atom. The number of nitrogens with two attached hydrogens (primary N) is 1. The highest BCUT2D eigenvalue weighted by molar-refractivity contribution is 5.74. The summed E-state index contributed by atoms with van der Waals surface area (Å²) in [6, 6.07) is 26.6. The van der Waals surface area contributed by atoms with Crippen molar-refractivity contribution in [3.05, 3.63) is 90.0 Å². The number of nitrogens with zero attached hydrogens (tertiary/aromatic N) is 2. The van der Waals surface area contributed by atoms with Crippen LogP contribution in [-0.4, -0.2) is 18.1 Å². The Kier molecular flexibility index (Phi) is 5.54. The molecule has 4 rings (SSSR count). The molecule has 2 N–H and O–H groups in total. The second-order valence-corrected chi connectivity index (χ2v) is 6.59. The number of hydrogen-bond donors (Lipinski definition) is 1. The van der Waals surface area contributed by atoms with E-state index in [0.29, 0.717) is 32.3 Å². The Bertz CT molecular complexity index is 980. The molecule has 0 radical (unpaired) electrons. The predicted molar refractivity (Wildman–Crippen MR) is 111 cm³/mol. The third kappa shape index (κ3) is 4.32. The van der Waals surface area contributed by atoms with E-state index in [1.165, 1.54) is 0 Å². The summed E-state index contributed by atoms with van der Waals surface area (Å²) in [4.78, 5) is 6.64. The lowest BCUT2D eigenvalue weighted by Gasteiger charge is -2.20. The summed E-state index contributed by atoms with van der Waals surface area (Å²) < 4.78 is 11.8. The molecule has 0 aliphatic heterocycles. The molecule has 0 bridgehead atoms. The Morgan fingerprint density at radius 2 is 1.61 bits per heavy atom. The molecule has 0 unspecified atom stereocenters. The first-order chi connectivity index (χ1) is 13.8. The maximum Gasteiger partial charge on any atom is 0.298 e. The fourth-order valence-electron chi connectivity index (χ4n) is 3.05. The van der Waals surface area contributed by atoms with Crippen LogP contribution < -0.4 is 15.4 Å². The Hall–Kier alpha value is -3.31. The molecule has 0 atom stereocenters. The Morgan fingerprint density at radius 3 is 2.36 bits per heavy atom. The monoisotopic (exact) mass is 373 g/mol. The van der Waals surface area contributed by atoms with Crippen LogP contribution >= 0.6 is 0 Å². The van der Waals surface area contributed by atoms with Crippen molar-refractivity contribution in [2.75, 3.05) is 18.0 Å². The molecule has 5 heteroatoms. The number of aromatic nitrogens is 1. The van der Waals surface area contributed by atoms with Crippen LogP contribution in [0.3, 0.4) is 0 Å². The summed E-state index contributed by atoms with van der Waals surface area (Å²) in [5.74, 6) is 0.847. The van der Waals surface area contributed by atoms with E-state index in [4.69, 9.17) is 14.9 Å². The van der Waals surface area contributed by atoms with Crippen molar-refractivity contribution < 1.29 is 9.15 Å². The minimum atomic E-state index is 0.525. The molecule has 28 heavy (non-hydrogen) atoms. The number of anilines is 1. The summed E-state index contributed by atoms with van der Waals surface area (Å²) in [7, 11) is 0. The number of oxazole rings is 1. The van der Waals surface area contributed by atoms with Gasteiger partial charge in [0.15, 0.2) is 5.58 Å². The van der Waals surface area contributed by atoms with Gasteiger partial charge in [0.05, 0.1) is 0 Å². The molecule has 0 aliphatic rings. The zero-order chi connectivity index (χ0) is 19.2. The minimum absolute atomic E-state index is 0.525. The van der Waals surface area contributed by atoms with Gasteiger partial charge in [0.2, 0.25) is 0 Å². The summed E-state index contributed by atoms with van der Waals surface area (Å²) >= 11 is 0. The van der Waals surface area contributed by atoms with Gasteiger partial charge in [0.1, 0.15) is 17.9 Å². The maximum atomic E-state index is 5.90. The van der Waals surface area contributed by atoms with Gasteiger partial charge in [-0.3, -0.25) is 0 Å². The standard InChI is InChI=1S/C23H23N3O2/c24-14-15-26(23-25-21-8-4-5-9-22(21)28-23)16-18-10-12-20(13-11-18)27-17-19-6-2-1-3-7-19/h1-13H,14-17,24H2. The van der Waals surface area contributed by atoms with Gasteiger partial charge in [-0.2, -0.15) is 4.98 Å². The molecular formula is C23H23N3O2. The number of fused-ring (bicyclic) bond motifs is 1. The normalized spacial score (nSPS) is 10.9. The van der Waals surface area contributed by atoms with Crippen molar-refractivity contribution in [1.82, 2.24) is 4.98 Å². The van der Waals surface area contributed by atoms with Crippen molar-refractivity contribution in [1.29, 1.82) is 0 Å². The number of ether oxygens (including phenoxy) is 1. The molecule has 0 fully saturated rings. The summed E-state index contributed by atoms with van der Waals surface area (Å²) in [6.07, 6.45) is 0. The van der Waals surface area contributed by atoms with Gasteiger partial charge in [-0.15, -0.1) is 0 Å². The first-order valence-electron chi connectivity index (χ1n) is 9.38. The molecule has 0 saturated carbocycles. The van der Waals surface area contributed by atoms with Crippen LogP contribution in [-0.2, 0) is 13.2 Å². The van der Waals surface area contributed by atoms with Crippen molar-refractivity contribution in [2.24, 2.45) is 5.73 Å². The topological polar surface area (TPSA) is 64.5 Å². The van der Waals surface area contributed by atoms with E-state index >= 15 is 0 Å². The molecule has 0 aliphatic carbocycles. The van der Waals surface area contributed by atoms with Crippen LogP contribution in [0.15, 0.2) is 83.3 Å². The highest BCUT2D eigenvalue weighted by atomic mass is 16.5. The molecule has 4 aromatic rings. The lowest BCUT2D eigenvalue weighted by molar-refractivity contribution is 0.306. The number of para-hydroxylation sites is 2. The lowest BCUT2D eigenvalue weighted by Crippen LogP contribution is -2.29. The van der Waals surface area contributed by atoms with Crippen molar-refractivity contribution in [3.63, 3.8) is 0 Å². The lowest BCUT2D eigenvalue weighted by atomic mass is 10.2. The third-order valence-electron chi connectivity index (χ3n) is 4.50. The molecular weight excluding hydrogens is 350 g/mol. The summed E-state index contributed by atoms with van der Waals surface area (Å²) in [5, 5.41) is 0. The Labute approximate surface area is 164 Å². The summed E-state index contributed by atoms with van der Waals surface area (Å²) in [6.45, 7) is 2.42. The van der Waals surface area contributed by atoms with E-state index in [-0.39, 0.29) is 0 Å². The van der Waals surface area contributed by atoms with E-state index in [9.17, 15) is 0 Å². The van der Waals surface area contributed by atoms with E-state index in [0.717, 1.165) is 28.0 Å². The largest absolute Gasteiger partial charge is 0.489 e. The van der Waals surface area contributed by atoms with Gasteiger partial charge in [0, 0.05) is 19.6 Å². The molecule has 142 valence electrons. The van der Waals surface area contributed by atoms with Crippen LogP contribution in [0.2, 0.25) is 0 Å². The molecule has 5 nitrogen and oxygen atoms in total.